The largest absolute Gasteiger partial charge is 0.469 e. The molecule has 0 aliphatic rings. The molecule has 1 aromatic rings. The van der Waals surface area contributed by atoms with Crippen LogP contribution in [0.3, 0.4) is 0 Å². The van der Waals surface area contributed by atoms with Gasteiger partial charge in [0.25, 0.3) is 5.91 Å². The molecular weight excluding hydrogens is 330 g/mol. The molecule has 0 spiro atoms. The Balaban J connectivity index is 2.96. The summed E-state index contributed by atoms with van der Waals surface area (Å²) in [5, 5.41) is 2.52. The Kier molecular flexibility index (Phi) is 7.58. The second kappa shape index (κ2) is 9.41. The first-order valence-electron chi connectivity index (χ1n) is 7.47. The van der Waals surface area contributed by atoms with Crippen molar-refractivity contribution in [2.75, 3.05) is 21.3 Å². The molecule has 8 nitrogen and oxygen atoms in total. The minimum Gasteiger partial charge on any atom is -0.469 e. The van der Waals surface area contributed by atoms with Crippen LogP contribution in [0.5, 0.6) is 0 Å². The first-order chi connectivity index (χ1) is 11.8. The summed E-state index contributed by atoms with van der Waals surface area (Å²) < 4.78 is 13.9. The first kappa shape index (κ1) is 20.1. The number of hydrogen-bond donors (Lipinski definition) is 1. The average molecular weight is 351 g/mol. The summed E-state index contributed by atoms with van der Waals surface area (Å²) in [6, 6.07) is 4.81. The lowest BCUT2D eigenvalue weighted by atomic mass is 9.97. The molecular formula is C17H21NO7. The molecule has 1 N–H and O–H groups in total. The average Bonchev–Trinajstić information content (AvgIpc) is 2.64. The zero-order chi connectivity index (χ0) is 19.0. The Morgan fingerprint density at radius 3 is 2.20 bits per heavy atom. The number of carbonyl (C=O) groups excluding carboxylic acids is 4. The molecule has 8 heteroatoms. The van der Waals surface area contributed by atoms with Gasteiger partial charge < -0.3 is 19.5 Å². The lowest BCUT2D eigenvalue weighted by Crippen LogP contribution is -2.46. The van der Waals surface area contributed by atoms with Crippen LogP contribution in [0.4, 0.5) is 0 Å². The third kappa shape index (κ3) is 5.59. The van der Waals surface area contributed by atoms with E-state index in [1.807, 2.05) is 0 Å². The van der Waals surface area contributed by atoms with Crippen LogP contribution in [-0.2, 0) is 23.8 Å². The van der Waals surface area contributed by atoms with Crippen LogP contribution in [0.1, 0.15) is 34.1 Å². The van der Waals surface area contributed by atoms with Crippen molar-refractivity contribution >= 4 is 23.8 Å². The van der Waals surface area contributed by atoms with Crippen molar-refractivity contribution in [1.82, 2.24) is 5.32 Å². The summed E-state index contributed by atoms with van der Waals surface area (Å²) in [4.78, 5) is 47.3. The van der Waals surface area contributed by atoms with Crippen LogP contribution < -0.4 is 5.32 Å². The third-order valence-electron chi connectivity index (χ3n) is 3.57. The molecule has 1 aromatic carbocycles. The summed E-state index contributed by atoms with van der Waals surface area (Å²) in [6.45, 7) is 1.61. The number of hydrogen-bond acceptors (Lipinski definition) is 7. The summed E-state index contributed by atoms with van der Waals surface area (Å²) in [5.74, 6) is -2.92. The molecule has 136 valence electrons. The smallest absolute Gasteiger partial charge is 0.337 e. The maximum atomic E-state index is 12.4. The van der Waals surface area contributed by atoms with E-state index in [9.17, 15) is 19.2 Å². The summed E-state index contributed by atoms with van der Waals surface area (Å²) in [5.41, 5.74) is 0.370. The normalized spacial score (nSPS) is 12.5. The quantitative estimate of drug-likeness (QED) is 0.575. The van der Waals surface area contributed by atoms with Crippen molar-refractivity contribution in [3.63, 3.8) is 0 Å². The molecule has 0 aliphatic heterocycles. The van der Waals surface area contributed by atoms with Gasteiger partial charge in [0.2, 0.25) is 0 Å². The molecule has 0 aliphatic carbocycles. The van der Waals surface area contributed by atoms with E-state index in [-0.39, 0.29) is 17.5 Å². The van der Waals surface area contributed by atoms with Crippen molar-refractivity contribution in [3.8, 4) is 0 Å². The second-order valence-electron chi connectivity index (χ2n) is 5.30. The molecule has 0 saturated carbocycles. The zero-order valence-corrected chi connectivity index (χ0v) is 14.5. The van der Waals surface area contributed by atoms with E-state index in [1.54, 1.807) is 6.92 Å². The van der Waals surface area contributed by atoms with E-state index in [0.717, 1.165) is 0 Å². The fourth-order valence-electron chi connectivity index (χ4n) is 2.15. The van der Waals surface area contributed by atoms with Crippen LogP contribution in [0.2, 0.25) is 0 Å². The highest BCUT2D eigenvalue weighted by molar-refractivity contribution is 5.99. The highest BCUT2D eigenvalue weighted by Gasteiger charge is 2.30. The van der Waals surface area contributed by atoms with Crippen molar-refractivity contribution < 1.29 is 33.4 Å². The zero-order valence-electron chi connectivity index (χ0n) is 14.5. The van der Waals surface area contributed by atoms with Gasteiger partial charge >= 0.3 is 17.9 Å². The molecule has 25 heavy (non-hydrogen) atoms. The predicted molar refractivity (Wildman–Crippen MR) is 86.8 cm³/mol. The molecule has 0 fully saturated rings. The standard InChI is InChI=1S/C17H21NO7/c1-10(8-13(19)23-2)14(17(22)25-4)18-15(20)11-6-5-7-12(9-11)16(21)24-3/h5-7,9-10,14H,8H2,1-4H3,(H,18,20)/t10-,14-/m0/s1. The highest BCUT2D eigenvalue weighted by atomic mass is 16.5. The van der Waals surface area contributed by atoms with Gasteiger partial charge in [0.15, 0.2) is 0 Å². The SMILES string of the molecule is COC(=O)C[C@H](C)[C@H](NC(=O)c1cccc(C(=O)OC)c1)C(=O)OC. The molecule has 0 heterocycles. The lowest BCUT2D eigenvalue weighted by molar-refractivity contribution is -0.146. The van der Waals surface area contributed by atoms with Crippen molar-refractivity contribution in [3.05, 3.63) is 35.4 Å². The molecule has 0 radical (unpaired) electrons. The Morgan fingerprint density at radius 2 is 1.64 bits per heavy atom. The van der Waals surface area contributed by atoms with Gasteiger partial charge in [0.05, 0.1) is 33.3 Å². The van der Waals surface area contributed by atoms with Crippen LogP contribution in [0.15, 0.2) is 24.3 Å². The minimum atomic E-state index is -1.04. The summed E-state index contributed by atoms with van der Waals surface area (Å²) in [6.07, 6.45) is -0.0707. The van der Waals surface area contributed by atoms with Crippen LogP contribution in [0.25, 0.3) is 0 Å². The number of rotatable bonds is 7. The number of methoxy groups -OCH3 is 3. The number of benzene rings is 1. The number of esters is 3. The molecule has 0 unspecified atom stereocenters. The van der Waals surface area contributed by atoms with E-state index >= 15 is 0 Å². The van der Waals surface area contributed by atoms with Crippen molar-refractivity contribution in [2.24, 2.45) is 5.92 Å². The van der Waals surface area contributed by atoms with Gasteiger partial charge in [-0.15, -0.1) is 0 Å². The first-order valence-corrected chi connectivity index (χ1v) is 7.47. The summed E-state index contributed by atoms with van der Waals surface area (Å²) in [7, 11) is 3.65. The number of amides is 1. The van der Waals surface area contributed by atoms with Gasteiger partial charge in [-0.2, -0.15) is 0 Å². The van der Waals surface area contributed by atoms with Gasteiger partial charge in [0, 0.05) is 5.56 Å². The van der Waals surface area contributed by atoms with Crippen molar-refractivity contribution in [1.29, 1.82) is 0 Å². The maximum absolute atomic E-state index is 12.4. The van der Waals surface area contributed by atoms with E-state index < -0.39 is 35.8 Å². The minimum absolute atomic E-state index is 0.0707. The Hall–Kier alpha value is -2.90. The fourth-order valence-corrected chi connectivity index (χ4v) is 2.15. The van der Waals surface area contributed by atoms with Crippen LogP contribution in [-0.4, -0.2) is 51.2 Å². The third-order valence-corrected chi connectivity index (χ3v) is 3.57. The predicted octanol–water partition coefficient (Wildman–Crippen LogP) is 0.944. The molecule has 0 bridgehead atoms. The second-order valence-corrected chi connectivity index (χ2v) is 5.30. The van der Waals surface area contributed by atoms with E-state index in [2.05, 4.69) is 19.5 Å². The molecule has 2 atom stereocenters. The number of nitrogens with one attached hydrogen (secondary N) is 1. The van der Waals surface area contributed by atoms with E-state index in [4.69, 9.17) is 0 Å². The lowest BCUT2D eigenvalue weighted by Gasteiger charge is -2.22. The number of ether oxygens (including phenoxy) is 3. The molecule has 1 rings (SSSR count). The van der Waals surface area contributed by atoms with Gasteiger partial charge in [-0.3, -0.25) is 9.59 Å². The molecule has 0 saturated heterocycles. The monoisotopic (exact) mass is 351 g/mol. The highest BCUT2D eigenvalue weighted by Crippen LogP contribution is 2.13. The van der Waals surface area contributed by atoms with E-state index in [0.29, 0.717) is 0 Å². The van der Waals surface area contributed by atoms with E-state index in [1.165, 1.54) is 45.6 Å². The van der Waals surface area contributed by atoms with Gasteiger partial charge in [-0.1, -0.05) is 13.0 Å². The summed E-state index contributed by atoms with van der Waals surface area (Å²) >= 11 is 0. The molecule has 1 amide bonds. The fraction of sp³-hybridized carbons (Fsp3) is 0.412. The van der Waals surface area contributed by atoms with Gasteiger partial charge in [-0.25, -0.2) is 9.59 Å². The van der Waals surface area contributed by atoms with Crippen LogP contribution >= 0.6 is 0 Å². The number of carbonyl (C=O) groups is 4. The Morgan fingerprint density at radius 1 is 1.00 bits per heavy atom. The molecule has 0 aromatic heterocycles. The topological polar surface area (TPSA) is 108 Å². The van der Waals surface area contributed by atoms with Crippen LogP contribution in [0, 0.1) is 5.92 Å². The van der Waals surface area contributed by atoms with Gasteiger partial charge in [0.1, 0.15) is 6.04 Å². The Labute approximate surface area is 145 Å². The van der Waals surface area contributed by atoms with Crippen molar-refractivity contribution in [2.45, 2.75) is 19.4 Å². The maximum Gasteiger partial charge on any atom is 0.337 e. The van der Waals surface area contributed by atoms with Gasteiger partial charge in [-0.05, 0) is 24.1 Å². The Bertz CT molecular complexity index is 656.